The normalized spacial score (nSPS) is 36.0. The molecule has 0 bridgehead atoms. The summed E-state index contributed by atoms with van der Waals surface area (Å²) in [7, 11) is 0. The van der Waals surface area contributed by atoms with Crippen molar-refractivity contribution in [1.29, 1.82) is 0 Å². The molecule has 0 aromatic rings. The SMILES string of the molecule is CCNC1(CO)CCCC(N2CCCCC2)C1. The van der Waals surface area contributed by atoms with E-state index >= 15 is 0 Å². The molecule has 2 N–H and O–H groups in total. The minimum atomic E-state index is 0.00904. The first-order chi connectivity index (χ1) is 8.29. The molecule has 0 spiro atoms. The number of likely N-dealkylation sites (N-methyl/N-ethyl adjacent to an activating group) is 1. The number of rotatable bonds is 4. The highest BCUT2D eigenvalue weighted by molar-refractivity contribution is 4.96. The molecule has 2 unspecified atom stereocenters. The molecule has 1 aliphatic heterocycles. The van der Waals surface area contributed by atoms with E-state index < -0.39 is 0 Å². The molecule has 1 aliphatic carbocycles. The van der Waals surface area contributed by atoms with Crippen molar-refractivity contribution in [2.24, 2.45) is 0 Å². The van der Waals surface area contributed by atoms with E-state index in [2.05, 4.69) is 17.1 Å². The first kappa shape index (κ1) is 13.3. The third-order valence-corrected chi connectivity index (χ3v) is 4.58. The van der Waals surface area contributed by atoms with Crippen molar-refractivity contribution >= 4 is 0 Å². The first-order valence-corrected chi connectivity index (χ1v) is 7.39. The van der Waals surface area contributed by atoms with Crippen molar-refractivity contribution in [1.82, 2.24) is 10.2 Å². The summed E-state index contributed by atoms with van der Waals surface area (Å²) in [6, 6.07) is 0.704. The van der Waals surface area contributed by atoms with Gasteiger partial charge in [0.25, 0.3) is 0 Å². The molecule has 3 nitrogen and oxygen atoms in total. The van der Waals surface area contributed by atoms with Crippen LogP contribution in [0.5, 0.6) is 0 Å². The Bertz CT molecular complexity index is 224. The number of nitrogens with one attached hydrogen (secondary N) is 1. The molecule has 2 fully saturated rings. The smallest absolute Gasteiger partial charge is 0.0613 e. The van der Waals surface area contributed by atoms with Gasteiger partial charge in [-0.05, 0) is 58.2 Å². The molecule has 1 saturated heterocycles. The predicted octanol–water partition coefficient (Wildman–Crippen LogP) is 1.76. The summed E-state index contributed by atoms with van der Waals surface area (Å²) < 4.78 is 0. The van der Waals surface area contributed by atoms with E-state index in [9.17, 15) is 5.11 Å². The zero-order chi connectivity index (χ0) is 12.1. The zero-order valence-electron chi connectivity index (χ0n) is 11.2. The lowest BCUT2D eigenvalue weighted by Gasteiger charge is -2.45. The second-order valence-corrected chi connectivity index (χ2v) is 5.82. The number of piperidine rings is 1. The highest BCUT2D eigenvalue weighted by Gasteiger charge is 2.37. The van der Waals surface area contributed by atoms with Crippen LogP contribution in [0.25, 0.3) is 0 Å². The highest BCUT2D eigenvalue weighted by Crippen LogP contribution is 2.32. The van der Waals surface area contributed by atoms with Crippen molar-refractivity contribution in [2.45, 2.75) is 63.5 Å². The standard InChI is InChI=1S/C14H28N2O/c1-2-15-14(12-17)8-6-7-13(11-14)16-9-4-3-5-10-16/h13,15,17H,2-12H2,1H3. The fraction of sp³-hybridized carbons (Fsp3) is 1.00. The lowest BCUT2D eigenvalue weighted by Crippen LogP contribution is -2.56. The summed E-state index contributed by atoms with van der Waals surface area (Å²) in [6.07, 6.45) is 9.00. The Kier molecular flexibility index (Phi) is 4.83. The summed E-state index contributed by atoms with van der Waals surface area (Å²) in [6.45, 7) is 5.96. The van der Waals surface area contributed by atoms with Gasteiger partial charge in [-0.15, -0.1) is 0 Å². The number of nitrogens with zero attached hydrogens (tertiary/aromatic N) is 1. The van der Waals surface area contributed by atoms with Crippen LogP contribution in [0, 0.1) is 0 Å². The number of hydrogen-bond acceptors (Lipinski definition) is 3. The van der Waals surface area contributed by atoms with Crippen LogP contribution in [-0.2, 0) is 0 Å². The predicted molar refractivity (Wildman–Crippen MR) is 71.2 cm³/mol. The maximum Gasteiger partial charge on any atom is 0.0613 e. The van der Waals surface area contributed by atoms with Gasteiger partial charge in [-0.2, -0.15) is 0 Å². The summed E-state index contributed by atoms with van der Waals surface area (Å²) in [5, 5.41) is 13.2. The van der Waals surface area contributed by atoms with E-state index in [1.165, 1.54) is 45.2 Å². The Morgan fingerprint density at radius 1 is 1.24 bits per heavy atom. The van der Waals surface area contributed by atoms with Gasteiger partial charge in [-0.3, -0.25) is 0 Å². The summed E-state index contributed by atoms with van der Waals surface area (Å²) in [4.78, 5) is 2.67. The molecule has 0 amide bonds. The van der Waals surface area contributed by atoms with Gasteiger partial charge in [0.2, 0.25) is 0 Å². The molecule has 2 rings (SSSR count). The van der Waals surface area contributed by atoms with Gasteiger partial charge in [0.05, 0.1) is 6.61 Å². The molecular weight excluding hydrogens is 212 g/mol. The molecular formula is C14H28N2O. The monoisotopic (exact) mass is 240 g/mol. The minimum Gasteiger partial charge on any atom is -0.394 e. The third kappa shape index (κ3) is 3.21. The van der Waals surface area contributed by atoms with Gasteiger partial charge in [-0.1, -0.05) is 13.3 Å². The molecule has 100 valence electrons. The summed E-state index contributed by atoms with van der Waals surface area (Å²) in [5.74, 6) is 0. The average Bonchev–Trinajstić information content (AvgIpc) is 2.40. The van der Waals surface area contributed by atoms with Gasteiger partial charge < -0.3 is 15.3 Å². The fourth-order valence-electron chi connectivity index (χ4n) is 3.66. The Balaban J connectivity index is 1.94. The van der Waals surface area contributed by atoms with Crippen LogP contribution in [0.3, 0.4) is 0 Å². The molecule has 3 heteroatoms. The van der Waals surface area contributed by atoms with Crippen LogP contribution in [0.15, 0.2) is 0 Å². The number of aliphatic hydroxyl groups excluding tert-OH is 1. The van der Waals surface area contributed by atoms with Crippen molar-refractivity contribution in [3.63, 3.8) is 0 Å². The van der Waals surface area contributed by atoms with E-state index in [0.29, 0.717) is 12.6 Å². The molecule has 2 atom stereocenters. The third-order valence-electron chi connectivity index (χ3n) is 4.58. The lowest BCUT2D eigenvalue weighted by atomic mass is 9.78. The Morgan fingerprint density at radius 3 is 2.65 bits per heavy atom. The van der Waals surface area contributed by atoms with E-state index in [1.807, 2.05) is 0 Å². The quantitative estimate of drug-likeness (QED) is 0.786. The summed E-state index contributed by atoms with van der Waals surface area (Å²) in [5.41, 5.74) is 0.00904. The molecule has 1 heterocycles. The van der Waals surface area contributed by atoms with Crippen molar-refractivity contribution in [2.75, 3.05) is 26.2 Å². The van der Waals surface area contributed by atoms with Crippen LogP contribution in [0.4, 0.5) is 0 Å². The van der Waals surface area contributed by atoms with E-state index in [-0.39, 0.29) is 5.54 Å². The molecule has 0 aromatic carbocycles. The molecule has 0 radical (unpaired) electrons. The lowest BCUT2D eigenvalue weighted by molar-refractivity contribution is 0.0517. The molecule has 17 heavy (non-hydrogen) atoms. The number of likely N-dealkylation sites (tertiary alicyclic amines) is 1. The zero-order valence-corrected chi connectivity index (χ0v) is 11.2. The number of aliphatic hydroxyl groups is 1. The molecule has 1 saturated carbocycles. The van der Waals surface area contributed by atoms with Crippen molar-refractivity contribution in [3.05, 3.63) is 0 Å². The summed E-state index contributed by atoms with van der Waals surface area (Å²) >= 11 is 0. The molecule has 2 aliphatic rings. The van der Waals surface area contributed by atoms with Crippen molar-refractivity contribution < 1.29 is 5.11 Å². The van der Waals surface area contributed by atoms with Crippen LogP contribution in [-0.4, -0.2) is 47.8 Å². The Labute approximate surface area is 106 Å². The van der Waals surface area contributed by atoms with Crippen molar-refractivity contribution in [3.8, 4) is 0 Å². The fourth-order valence-corrected chi connectivity index (χ4v) is 3.66. The largest absolute Gasteiger partial charge is 0.394 e. The van der Waals surface area contributed by atoms with Gasteiger partial charge in [0.15, 0.2) is 0 Å². The maximum absolute atomic E-state index is 9.71. The van der Waals surface area contributed by atoms with Gasteiger partial charge >= 0.3 is 0 Å². The second kappa shape index (κ2) is 6.17. The van der Waals surface area contributed by atoms with Crippen LogP contribution < -0.4 is 5.32 Å². The minimum absolute atomic E-state index is 0.00904. The Morgan fingerprint density at radius 2 is 2.00 bits per heavy atom. The first-order valence-electron chi connectivity index (χ1n) is 7.39. The topological polar surface area (TPSA) is 35.5 Å². The van der Waals surface area contributed by atoms with Crippen LogP contribution >= 0.6 is 0 Å². The van der Waals surface area contributed by atoms with E-state index in [0.717, 1.165) is 19.4 Å². The van der Waals surface area contributed by atoms with E-state index in [1.54, 1.807) is 0 Å². The van der Waals surface area contributed by atoms with Gasteiger partial charge in [0, 0.05) is 11.6 Å². The van der Waals surface area contributed by atoms with Crippen LogP contribution in [0.1, 0.15) is 51.9 Å². The second-order valence-electron chi connectivity index (χ2n) is 5.82. The van der Waals surface area contributed by atoms with Gasteiger partial charge in [-0.25, -0.2) is 0 Å². The Hall–Kier alpha value is -0.120. The highest BCUT2D eigenvalue weighted by atomic mass is 16.3. The maximum atomic E-state index is 9.71. The van der Waals surface area contributed by atoms with E-state index in [4.69, 9.17) is 0 Å². The molecule has 0 aromatic heterocycles. The number of hydrogen-bond donors (Lipinski definition) is 2. The average molecular weight is 240 g/mol. The van der Waals surface area contributed by atoms with Gasteiger partial charge in [0.1, 0.15) is 0 Å². The van der Waals surface area contributed by atoms with Crippen LogP contribution in [0.2, 0.25) is 0 Å².